The molecule has 8 nitrogen and oxygen atoms in total. The highest BCUT2D eigenvalue weighted by Crippen LogP contribution is 2.11. The molecule has 1 aliphatic heterocycles. The van der Waals surface area contributed by atoms with E-state index < -0.39 is 15.8 Å². The number of carboxylic acids is 1. The first kappa shape index (κ1) is 17.9. The van der Waals surface area contributed by atoms with Crippen LogP contribution in [0.1, 0.15) is 6.42 Å². The molecule has 1 saturated heterocycles. The average molecular weight is 321 g/mol. The van der Waals surface area contributed by atoms with Crippen LogP contribution >= 0.6 is 0 Å². The number of aliphatic carboxylic acids is 1. The van der Waals surface area contributed by atoms with E-state index in [1.165, 1.54) is 4.90 Å². The number of hydrogen-bond acceptors (Lipinski definition) is 6. The third kappa shape index (κ3) is 7.39. The predicted octanol–water partition coefficient (Wildman–Crippen LogP) is -1.76. The minimum atomic E-state index is -3.04. The molecular weight excluding hydrogens is 298 g/mol. The standard InChI is InChI=1S/C12H23N3O5S/c1-14(2)4-5-15(8-12(17)18)7-11(16)13-10-3-6-21(19,20)9-10/h10H,3-9H2,1-2H3,(H,13,16)(H,17,18). The molecule has 0 saturated carbocycles. The zero-order valence-corrected chi connectivity index (χ0v) is 13.2. The number of nitrogens with one attached hydrogen (secondary N) is 1. The van der Waals surface area contributed by atoms with Gasteiger partial charge >= 0.3 is 5.97 Å². The Balaban J connectivity index is 2.45. The van der Waals surface area contributed by atoms with Crippen LogP contribution < -0.4 is 5.32 Å². The fraction of sp³-hybridized carbons (Fsp3) is 0.833. The van der Waals surface area contributed by atoms with Crippen molar-refractivity contribution in [3.8, 4) is 0 Å². The van der Waals surface area contributed by atoms with Crippen LogP contribution in [0.2, 0.25) is 0 Å². The molecule has 1 heterocycles. The van der Waals surface area contributed by atoms with E-state index in [2.05, 4.69) is 5.32 Å². The maximum atomic E-state index is 11.9. The molecule has 0 bridgehead atoms. The Morgan fingerprint density at radius 3 is 2.38 bits per heavy atom. The van der Waals surface area contributed by atoms with Crippen LogP contribution in [0, 0.1) is 0 Å². The molecule has 1 aliphatic rings. The predicted molar refractivity (Wildman–Crippen MR) is 77.8 cm³/mol. The molecule has 0 radical (unpaired) electrons. The van der Waals surface area contributed by atoms with E-state index in [4.69, 9.17) is 5.11 Å². The molecule has 1 atom stereocenters. The Hall–Kier alpha value is -1.19. The van der Waals surface area contributed by atoms with Crippen molar-refractivity contribution in [3.05, 3.63) is 0 Å². The first-order valence-corrected chi connectivity index (χ1v) is 8.59. The molecule has 0 aliphatic carbocycles. The van der Waals surface area contributed by atoms with Gasteiger partial charge in [-0.2, -0.15) is 0 Å². The molecule has 9 heteroatoms. The van der Waals surface area contributed by atoms with Gasteiger partial charge in [-0.25, -0.2) is 8.42 Å². The van der Waals surface area contributed by atoms with Crippen LogP contribution in [0.3, 0.4) is 0 Å². The second-order valence-electron chi connectivity index (χ2n) is 5.58. The lowest BCUT2D eigenvalue weighted by atomic mass is 10.2. The number of sulfone groups is 1. The number of amides is 1. The van der Waals surface area contributed by atoms with E-state index in [0.717, 1.165) is 0 Å². The van der Waals surface area contributed by atoms with Crippen LogP contribution in [-0.4, -0.2) is 93.0 Å². The normalized spacial score (nSPS) is 20.9. The fourth-order valence-corrected chi connectivity index (χ4v) is 3.81. The van der Waals surface area contributed by atoms with E-state index >= 15 is 0 Å². The lowest BCUT2D eigenvalue weighted by molar-refractivity contribution is -0.138. The average Bonchev–Trinajstić information content (AvgIpc) is 2.64. The summed E-state index contributed by atoms with van der Waals surface area (Å²) in [5.74, 6) is -1.27. The summed E-state index contributed by atoms with van der Waals surface area (Å²) in [5, 5.41) is 11.5. The van der Waals surface area contributed by atoms with Crippen molar-refractivity contribution in [3.63, 3.8) is 0 Å². The molecule has 21 heavy (non-hydrogen) atoms. The van der Waals surface area contributed by atoms with Crippen LogP contribution in [-0.2, 0) is 19.4 Å². The van der Waals surface area contributed by atoms with Gasteiger partial charge in [-0.15, -0.1) is 0 Å². The number of nitrogens with zero attached hydrogens (tertiary/aromatic N) is 2. The van der Waals surface area contributed by atoms with Crippen molar-refractivity contribution in [1.82, 2.24) is 15.1 Å². The van der Waals surface area contributed by atoms with Gasteiger partial charge in [0.05, 0.1) is 24.6 Å². The first-order chi connectivity index (χ1) is 9.68. The summed E-state index contributed by atoms with van der Waals surface area (Å²) in [6.07, 6.45) is 0.421. The molecule has 0 aromatic carbocycles. The van der Waals surface area contributed by atoms with Crippen LogP contribution in [0.25, 0.3) is 0 Å². The number of hydrogen-bond donors (Lipinski definition) is 2. The summed E-state index contributed by atoms with van der Waals surface area (Å²) >= 11 is 0. The minimum Gasteiger partial charge on any atom is -0.480 e. The van der Waals surface area contributed by atoms with Gasteiger partial charge in [-0.05, 0) is 20.5 Å². The highest BCUT2D eigenvalue weighted by Gasteiger charge is 2.29. The first-order valence-electron chi connectivity index (χ1n) is 6.76. The Bertz CT molecular complexity index is 477. The summed E-state index contributed by atoms with van der Waals surface area (Å²) in [4.78, 5) is 26.1. The van der Waals surface area contributed by atoms with Crippen molar-refractivity contribution >= 4 is 21.7 Å². The topological polar surface area (TPSA) is 107 Å². The molecule has 1 rings (SSSR count). The second-order valence-corrected chi connectivity index (χ2v) is 7.80. The molecule has 2 N–H and O–H groups in total. The Kier molecular flexibility index (Phi) is 6.56. The van der Waals surface area contributed by atoms with E-state index in [1.54, 1.807) is 0 Å². The Morgan fingerprint density at radius 1 is 1.24 bits per heavy atom. The molecule has 0 aromatic rings. The van der Waals surface area contributed by atoms with Gasteiger partial charge in [0.2, 0.25) is 5.91 Å². The highest BCUT2D eigenvalue weighted by atomic mass is 32.2. The smallest absolute Gasteiger partial charge is 0.317 e. The third-order valence-corrected chi connectivity index (χ3v) is 4.96. The quantitative estimate of drug-likeness (QED) is 0.545. The van der Waals surface area contributed by atoms with E-state index in [0.29, 0.717) is 19.5 Å². The molecule has 122 valence electrons. The van der Waals surface area contributed by atoms with Crippen molar-refractivity contribution < 1.29 is 23.1 Å². The second kappa shape index (κ2) is 7.71. The van der Waals surface area contributed by atoms with Gasteiger partial charge in [0.15, 0.2) is 9.84 Å². The van der Waals surface area contributed by atoms with E-state index in [9.17, 15) is 18.0 Å². The van der Waals surface area contributed by atoms with Gasteiger partial charge < -0.3 is 15.3 Å². The maximum absolute atomic E-state index is 11.9. The summed E-state index contributed by atoms with van der Waals surface area (Å²) in [6.45, 7) is 0.828. The summed E-state index contributed by atoms with van der Waals surface area (Å²) in [5.41, 5.74) is 0. The van der Waals surface area contributed by atoms with E-state index in [1.807, 2.05) is 19.0 Å². The van der Waals surface area contributed by atoms with Crippen LogP contribution in [0.5, 0.6) is 0 Å². The third-order valence-electron chi connectivity index (χ3n) is 3.19. The SMILES string of the molecule is CN(C)CCN(CC(=O)O)CC(=O)NC1CCS(=O)(=O)C1. The lowest BCUT2D eigenvalue weighted by Gasteiger charge is -2.22. The number of rotatable bonds is 8. The van der Waals surface area contributed by atoms with Crippen molar-refractivity contribution in [2.45, 2.75) is 12.5 Å². The van der Waals surface area contributed by atoms with Gasteiger partial charge in [0.25, 0.3) is 0 Å². The lowest BCUT2D eigenvalue weighted by Crippen LogP contribution is -2.45. The van der Waals surface area contributed by atoms with Crippen LogP contribution in [0.4, 0.5) is 0 Å². The Labute approximate surface area is 125 Å². The van der Waals surface area contributed by atoms with Crippen LogP contribution in [0.15, 0.2) is 0 Å². The van der Waals surface area contributed by atoms with E-state index in [-0.39, 0.29) is 36.5 Å². The highest BCUT2D eigenvalue weighted by molar-refractivity contribution is 7.91. The number of carboxylic acid groups (broad SMARTS) is 1. The van der Waals surface area contributed by atoms with Crippen molar-refractivity contribution in [1.29, 1.82) is 0 Å². The zero-order chi connectivity index (χ0) is 16.0. The van der Waals surface area contributed by atoms with Gasteiger partial charge in [-0.1, -0.05) is 0 Å². The van der Waals surface area contributed by atoms with Gasteiger partial charge in [-0.3, -0.25) is 14.5 Å². The van der Waals surface area contributed by atoms with Gasteiger partial charge in [0.1, 0.15) is 0 Å². The monoisotopic (exact) mass is 321 g/mol. The fourth-order valence-electron chi connectivity index (χ4n) is 2.13. The molecule has 1 amide bonds. The molecule has 0 spiro atoms. The summed E-state index contributed by atoms with van der Waals surface area (Å²) in [6, 6.07) is -0.358. The zero-order valence-electron chi connectivity index (χ0n) is 12.4. The molecule has 1 fully saturated rings. The van der Waals surface area contributed by atoms with Gasteiger partial charge in [0, 0.05) is 19.1 Å². The minimum absolute atomic E-state index is 0.0324. The molecule has 0 aromatic heterocycles. The number of carbonyl (C=O) groups is 2. The largest absolute Gasteiger partial charge is 0.480 e. The molecular formula is C12H23N3O5S. The van der Waals surface area contributed by atoms with Crippen molar-refractivity contribution in [2.75, 3.05) is 51.8 Å². The van der Waals surface area contributed by atoms with Crippen molar-refractivity contribution in [2.24, 2.45) is 0 Å². The summed E-state index contributed by atoms with van der Waals surface area (Å²) < 4.78 is 22.6. The maximum Gasteiger partial charge on any atom is 0.317 e. The number of carbonyl (C=O) groups excluding carboxylic acids is 1. The summed E-state index contributed by atoms with van der Waals surface area (Å²) in [7, 11) is 0.688. The molecule has 1 unspecified atom stereocenters. The number of likely N-dealkylation sites (N-methyl/N-ethyl adjacent to an activating group) is 1. The Morgan fingerprint density at radius 2 is 1.90 bits per heavy atom.